The van der Waals surface area contributed by atoms with Crippen LogP contribution in [-0.4, -0.2) is 31.8 Å². The summed E-state index contributed by atoms with van der Waals surface area (Å²) in [5.41, 5.74) is 0.904. The predicted molar refractivity (Wildman–Crippen MR) is 73.8 cm³/mol. The summed E-state index contributed by atoms with van der Waals surface area (Å²) in [4.78, 5) is 23.0. The zero-order valence-corrected chi connectivity index (χ0v) is 12.4. The second-order valence-electron chi connectivity index (χ2n) is 3.77. The molecule has 1 rings (SSSR count). The summed E-state index contributed by atoms with van der Waals surface area (Å²) < 4.78 is 10.3. The number of carbonyl (C=O) groups is 2. The van der Waals surface area contributed by atoms with E-state index in [4.69, 9.17) is 4.74 Å². The summed E-state index contributed by atoms with van der Waals surface area (Å²) >= 11 is 3.35. The first-order valence-corrected chi connectivity index (χ1v) is 6.61. The number of amides is 1. The highest BCUT2D eigenvalue weighted by atomic mass is 79.9. The van der Waals surface area contributed by atoms with Crippen LogP contribution in [0.25, 0.3) is 0 Å². The Morgan fingerprint density at radius 1 is 1.42 bits per heavy atom. The highest BCUT2D eigenvalue weighted by Gasteiger charge is 2.22. The van der Waals surface area contributed by atoms with E-state index in [9.17, 15) is 9.59 Å². The lowest BCUT2D eigenvalue weighted by atomic mass is 10.1. The molecule has 1 unspecified atom stereocenters. The van der Waals surface area contributed by atoms with Gasteiger partial charge in [0.2, 0.25) is 0 Å². The van der Waals surface area contributed by atoms with Crippen molar-refractivity contribution >= 4 is 28.0 Å². The number of hydrogen-bond acceptors (Lipinski definition) is 4. The van der Waals surface area contributed by atoms with Gasteiger partial charge in [-0.25, -0.2) is 9.59 Å². The fourth-order valence-corrected chi connectivity index (χ4v) is 2.00. The number of carbonyl (C=O) groups excluding carboxylic acids is 2. The number of ether oxygens (including phenoxy) is 2. The molecule has 0 heterocycles. The summed E-state index contributed by atoms with van der Waals surface area (Å²) in [6.07, 6.45) is -0.293. The largest absolute Gasteiger partial charge is 0.467 e. The molecule has 1 aromatic rings. The maximum Gasteiger partial charge on any atom is 0.407 e. The number of methoxy groups -OCH3 is 1. The second-order valence-corrected chi connectivity index (χ2v) is 4.69. The molecule has 0 bridgehead atoms. The minimum Gasteiger partial charge on any atom is -0.467 e. The summed E-state index contributed by atoms with van der Waals surface area (Å²) in [6.45, 7) is 1.94. The lowest BCUT2D eigenvalue weighted by molar-refractivity contribution is -0.142. The SMILES string of the molecule is CCOC(=O)NC(Cc1cccc(Br)c1)C(=O)OC. The highest BCUT2D eigenvalue weighted by molar-refractivity contribution is 9.10. The van der Waals surface area contributed by atoms with E-state index >= 15 is 0 Å². The van der Waals surface area contributed by atoms with Crippen molar-refractivity contribution in [2.24, 2.45) is 0 Å². The number of halogens is 1. The van der Waals surface area contributed by atoms with Crippen molar-refractivity contribution in [2.45, 2.75) is 19.4 Å². The predicted octanol–water partition coefficient (Wildman–Crippen LogP) is 2.28. The Balaban J connectivity index is 2.74. The molecule has 1 N–H and O–H groups in total. The van der Waals surface area contributed by atoms with Crippen molar-refractivity contribution in [3.8, 4) is 0 Å². The first-order chi connectivity index (χ1) is 9.06. The molecule has 6 heteroatoms. The molecule has 1 atom stereocenters. The fraction of sp³-hybridized carbons (Fsp3) is 0.385. The first kappa shape index (κ1) is 15.5. The van der Waals surface area contributed by atoms with Crippen molar-refractivity contribution in [1.29, 1.82) is 0 Å². The van der Waals surface area contributed by atoms with Gasteiger partial charge in [-0.05, 0) is 24.6 Å². The van der Waals surface area contributed by atoms with Gasteiger partial charge < -0.3 is 14.8 Å². The van der Waals surface area contributed by atoms with E-state index in [0.29, 0.717) is 6.42 Å². The second kappa shape index (κ2) is 7.78. The molecule has 0 fully saturated rings. The van der Waals surface area contributed by atoms with Gasteiger partial charge >= 0.3 is 12.1 Å². The molecule has 0 radical (unpaired) electrons. The van der Waals surface area contributed by atoms with E-state index in [-0.39, 0.29) is 6.61 Å². The Labute approximate surface area is 120 Å². The van der Waals surface area contributed by atoms with E-state index in [1.165, 1.54) is 7.11 Å². The number of nitrogens with one attached hydrogen (secondary N) is 1. The Morgan fingerprint density at radius 3 is 2.74 bits per heavy atom. The summed E-state index contributed by atoms with van der Waals surface area (Å²) in [7, 11) is 1.28. The molecule has 0 saturated heterocycles. The molecule has 0 aliphatic heterocycles. The lowest BCUT2D eigenvalue weighted by Crippen LogP contribution is -2.43. The van der Waals surface area contributed by atoms with Gasteiger partial charge in [-0.2, -0.15) is 0 Å². The van der Waals surface area contributed by atoms with Crippen LogP contribution in [0.15, 0.2) is 28.7 Å². The lowest BCUT2D eigenvalue weighted by Gasteiger charge is -2.16. The Morgan fingerprint density at radius 2 is 2.16 bits per heavy atom. The molecule has 0 aliphatic carbocycles. The molecular formula is C13H16BrNO4. The Kier molecular flexibility index (Phi) is 6.35. The summed E-state index contributed by atoms with van der Waals surface area (Å²) in [5, 5.41) is 2.49. The molecule has 0 aliphatic rings. The Hall–Kier alpha value is -1.56. The summed E-state index contributed by atoms with van der Waals surface area (Å²) in [6, 6.07) is 6.72. The van der Waals surface area contributed by atoms with Gasteiger partial charge in [-0.1, -0.05) is 28.1 Å². The maximum absolute atomic E-state index is 11.6. The number of rotatable bonds is 5. The topological polar surface area (TPSA) is 64.6 Å². The van der Waals surface area contributed by atoms with Crippen LogP contribution in [0, 0.1) is 0 Å². The molecule has 0 spiro atoms. The van der Waals surface area contributed by atoms with Crippen LogP contribution in [0.1, 0.15) is 12.5 Å². The number of benzene rings is 1. The van der Waals surface area contributed by atoms with Gasteiger partial charge in [0.25, 0.3) is 0 Å². The van der Waals surface area contributed by atoms with Crippen LogP contribution >= 0.6 is 15.9 Å². The minimum atomic E-state index is -0.765. The van der Waals surface area contributed by atoms with Gasteiger partial charge in [0.05, 0.1) is 13.7 Å². The highest BCUT2D eigenvalue weighted by Crippen LogP contribution is 2.13. The molecule has 19 heavy (non-hydrogen) atoms. The molecule has 0 saturated carbocycles. The van der Waals surface area contributed by atoms with Crippen molar-refractivity contribution in [1.82, 2.24) is 5.32 Å². The third-order valence-electron chi connectivity index (χ3n) is 2.38. The zero-order chi connectivity index (χ0) is 14.3. The van der Waals surface area contributed by atoms with Crippen molar-refractivity contribution in [2.75, 3.05) is 13.7 Å². The van der Waals surface area contributed by atoms with Gasteiger partial charge in [-0.15, -0.1) is 0 Å². The molecule has 104 valence electrons. The zero-order valence-electron chi connectivity index (χ0n) is 10.8. The fourth-order valence-electron chi connectivity index (χ4n) is 1.55. The van der Waals surface area contributed by atoms with Crippen LogP contribution < -0.4 is 5.32 Å². The molecule has 1 amide bonds. The van der Waals surface area contributed by atoms with Gasteiger partial charge in [-0.3, -0.25) is 0 Å². The van der Waals surface area contributed by atoms with E-state index < -0.39 is 18.1 Å². The van der Waals surface area contributed by atoms with Crippen LogP contribution in [-0.2, 0) is 20.7 Å². The maximum atomic E-state index is 11.6. The van der Waals surface area contributed by atoms with Crippen molar-refractivity contribution in [3.63, 3.8) is 0 Å². The third-order valence-corrected chi connectivity index (χ3v) is 2.88. The average molecular weight is 330 g/mol. The first-order valence-electron chi connectivity index (χ1n) is 5.82. The van der Waals surface area contributed by atoms with E-state index in [1.807, 2.05) is 24.3 Å². The van der Waals surface area contributed by atoms with E-state index in [2.05, 4.69) is 26.0 Å². The van der Waals surface area contributed by atoms with E-state index in [1.54, 1.807) is 6.92 Å². The van der Waals surface area contributed by atoms with Gasteiger partial charge in [0.1, 0.15) is 6.04 Å². The number of hydrogen-bond donors (Lipinski definition) is 1. The van der Waals surface area contributed by atoms with Crippen LogP contribution in [0.4, 0.5) is 4.79 Å². The normalized spacial score (nSPS) is 11.5. The van der Waals surface area contributed by atoms with E-state index in [0.717, 1.165) is 10.0 Å². The van der Waals surface area contributed by atoms with Crippen LogP contribution in [0.2, 0.25) is 0 Å². The van der Waals surface area contributed by atoms with Gasteiger partial charge in [0.15, 0.2) is 0 Å². The van der Waals surface area contributed by atoms with Gasteiger partial charge in [0, 0.05) is 10.9 Å². The molecule has 1 aromatic carbocycles. The molecule has 0 aromatic heterocycles. The quantitative estimate of drug-likeness (QED) is 0.842. The van der Waals surface area contributed by atoms with Crippen molar-refractivity contribution in [3.05, 3.63) is 34.3 Å². The van der Waals surface area contributed by atoms with Crippen LogP contribution in [0.3, 0.4) is 0 Å². The smallest absolute Gasteiger partial charge is 0.407 e. The average Bonchev–Trinajstić information content (AvgIpc) is 2.37. The van der Waals surface area contributed by atoms with Crippen LogP contribution in [0.5, 0.6) is 0 Å². The monoisotopic (exact) mass is 329 g/mol. The molecular weight excluding hydrogens is 314 g/mol. The minimum absolute atomic E-state index is 0.247. The van der Waals surface area contributed by atoms with Crippen molar-refractivity contribution < 1.29 is 19.1 Å². The Bertz CT molecular complexity index is 450. The third kappa shape index (κ3) is 5.30. The summed E-state index contributed by atoms with van der Waals surface area (Å²) in [5.74, 6) is -0.506. The standard InChI is InChI=1S/C13H16BrNO4/c1-3-19-13(17)15-11(12(16)18-2)8-9-5-4-6-10(14)7-9/h4-7,11H,3,8H2,1-2H3,(H,15,17). The number of esters is 1. The molecule has 5 nitrogen and oxygen atoms in total. The number of alkyl carbamates (subject to hydrolysis) is 1.